The zero-order chi connectivity index (χ0) is 14.2. The zero-order valence-electron chi connectivity index (χ0n) is 8.92. The van der Waals surface area contributed by atoms with Crippen LogP contribution in [-0.2, 0) is 14.5 Å². The lowest BCUT2D eigenvalue weighted by atomic mass is 10.00. The standard InChI is InChI=1S/C5H10N4O9/c6-5(3-17-8(12)13,4-18-9(14)15)1-2-16-7(10)11/h1-4,6H2. The SMILES string of the molecule is NC(CCO[N+](=O)[O-])(CO[N+](=O)[O-])CO[N+](=O)[O-]. The summed E-state index contributed by atoms with van der Waals surface area (Å²) in [5.41, 5.74) is 3.86. The highest BCUT2D eigenvalue weighted by Crippen LogP contribution is 2.09. The number of nitrogens with zero attached hydrogens (tertiary/aromatic N) is 3. The molecule has 18 heavy (non-hydrogen) atoms. The van der Waals surface area contributed by atoms with E-state index in [0.717, 1.165) is 0 Å². The van der Waals surface area contributed by atoms with Crippen molar-refractivity contribution in [3.63, 3.8) is 0 Å². The van der Waals surface area contributed by atoms with Crippen LogP contribution in [0.15, 0.2) is 0 Å². The van der Waals surface area contributed by atoms with E-state index in [1.54, 1.807) is 0 Å². The Bertz CT molecular complexity index is 302. The number of nitrogens with two attached hydrogens (primary N) is 1. The lowest BCUT2D eigenvalue weighted by Gasteiger charge is -2.26. The average Bonchev–Trinajstić information content (AvgIpc) is 2.23. The van der Waals surface area contributed by atoms with Crippen LogP contribution in [-0.4, -0.2) is 40.6 Å². The van der Waals surface area contributed by atoms with Crippen LogP contribution in [0, 0.1) is 30.3 Å². The first-order chi connectivity index (χ1) is 8.25. The molecule has 0 bridgehead atoms. The minimum Gasteiger partial charge on any atom is -0.322 e. The highest BCUT2D eigenvalue weighted by Gasteiger charge is 2.29. The van der Waals surface area contributed by atoms with Gasteiger partial charge in [-0.15, -0.1) is 30.3 Å². The molecule has 0 spiro atoms. The first-order valence-corrected chi connectivity index (χ1v) is 4.36. The van der Waals surface area contributed by atoms with Crippen LogP contribution >= 0.6 is 0 Å². The monoisotopic (exact) mass is 270 g/mol. The molecular weight excluding hydrogens is 260 g/mol. The van der Waals surface area contributed by atoms with E-state index in [4.69, 9.17) is 5.73 Å². The molecule has 0 saturated carbocycles. The molecular formula is C5H10N4O9. The maximum absolute atomic E-state index is 9.98. The Morgan fingerprint density at radius 3 is 1.61 bits per heavy atom. The van der Waals surface area contributed by atoms with Gasteiger partial charge in [0.2, 0.25) is 0 Å². The molecule has 0 fully saturated rings. The molecule has 0 rings (SSSR count). The van der Waals surface area contributed by atoms with Crippen LogP contribution in [0.2, 0.25) is 0 Å². The lowest BCUT2D eigenvalue weighted by molar-refractivity contribution is -0.770. The minimum absolute atomic E-state index is 0.310. The lowest BCUT2D eigenvalue weighted by Crippen LogP contribution is -2.50. The van der Waals surface area contributed by atoms with Gasteiger partial charge < -0.3 is 20.2 Å². The van der Waals surface area contributed by atoms with Crippen molar-refractivity contribution in [2.24, 2.45) is 5.73 Å². The van der Waals surface area contributed by atoms with E-state index in [-0.39, 0.29) is 6.42 Å². The Balaban J connectivity index is 4.32. The normalized spacial score (nSPS) is 10.5. The van der Waals surface area contributed by atoms with Gasteiger partial charge in [0, 0.05) is 0 Å². The van der Waals surface area contributed by atoms with Crippen molar-refractivity contribution in [2.45, 2.75) is 12.0 Å². The van der Waals surface area contributed by atoms with E-state index in [9.17, 15) is 30.3 Å². The van der Waals surface area contributed by atoms with Crippen molar-refractivity contribution in [3.8, 4) is 0 Å². The largest absolute Gasteiger partial charge is 0.322 e. The maximum atomic E-state index is 9.98. The van der Waals surface area contributed by atoms with Gasteiger partial charge in [0.1, 0.15) is 13.2 Å². The Labute approximate surface area is 98.7 Å². The molecule has 0 aliphatic rings. The third-order valence-electron chi connectivity index (χ3n) is 1.71. The van der Waals surface area contributed by atoms with Crippen LogP contribution in [0.4, 0.5) is 0 Å². The average molecular weight is 270 g/mol. The van der Waals surface area contributed by atoms with Crippen molar-refractivity contribution in [1.82, 2.24) is 0 Å². The molecule has 0 aromatic heterocycles. The Morgan fingerprint density at radius 1 is 0.889 bits per heavy atom. The maximum Gasteiger partial charge on any atom is 0.294 e. The van der Waals surface area contributed by atoms with E-state index in [2.05, 4.69) is 14.5 Å². The molecule has 13 nitrogen and oxygen atoms in total. The second kappa shape index (κ2) is 7.00. The molecule has 104 valence electrons. The molecule has 0 atom stereocenters. The summed E-state index contributed by atoms with van der Waals surface area (Å²) < 4.78 is 0. The first-order valence-electron chi connectivity index (χ1n) is 4.36. The van der Waals surface area contributed by atoms with Gasteiger partial charge in [0.25, 0.3) is 15.3 Å². The second-order valence-electron chi connectivity index (χ2n) is 3.16. The number of rotatable bonds is 10. The van der Waals surface area contributed by atoms with Gasteiger partial charge in [-0.2, -0.15) is 0 Å². The molecule has 0 unspecified atom stereocenters. The first kappa shape index (κ1) is 15.6. The predicted octanol–water partition coefficient (Wildman–Crippen LogP) is -1.30. The van der Waals surface area contributed by atoms with Crippen LogP contribution in [0.3, 0.4) is 0 Å². The van der Waals surface area contributed by atoms with Gasteiger partial charge in [-0.25, -0.2) is 0 Å². The van der Waals surface area contributed by atoms with E-state index in [0.29, 0.717) is 0 Å². The number of hydrogen-bond donors (Lipinski definition) is 1. The van der Waals surface area contributed by atoms with Crippen molar-refractivity contribution in [1.29, 1.82) is 0 Å². The molecule has 0 saturated heterocycles. The number of hydrogen-bond acceptors (Lipinski definition) is 10. The molecule has 0 radical (unpaired) electrons. The fourth-order valence-corrected chi connectivity index (χ4v) is 0.872. The Morgan fingerprint density at radius 2 is 1.28 bits per heavy atom. The summed E-state index contributed by atoms with van der Waals surface area (Å²) in [6.45, 7) is -1.96. The summed E-state index contributed by atoms with van der Waals surface area (Å²) in [5, 5.41) is 26.4. The Kier molecular flexibility index (Phi) is 6.05. The van der Waals surface area contributed by atoms with Gasteiger partial charge >= 0.3 is 0 Å². The summed E-state index contributed by atoms with van der Waals surface area (Å²) in [6.07, 6.45) is -0.310. The topological polar surface area (TPSA) is 183 Å². The molecule has 0 amide bonds. The third kappa shape index (κ3) is 7.80. The summed E-state index contributed by atoms with van der Waals surface area (Å²) in [7, 11) is 0. The van der Waals surface area contributed by atoms with Crippen LogP contribution < -0.4 is 5.73 Å². The van der Waals surface area contributed by atoms with E-state index >= 15 is 0 Å². The predicted molar refractivity (Wildman–Crippen MR) is 50.4 cm³/mol. The molecule has 13 heteroatoms. The molecule has 0 aliphatic heterocycles. The second-order valence-corrected chi connectivity index (χ2v) is 3.16. The fourth-order valence-electron chi connectivity index (χ4n) is 0.872. The highest BCUT2D eigenvalue weighted by atomic mass is 17.0. The van der Waals surface area contributed by atoms with Crippen molar-refractivity contribution in [3.05, 3.63) is 30.3 Å². The molecule has 0 heterocycles. The quantitative estimate of drug-likeness (QED) is 0.369. The highest BCUT2D eigenvalue weighted by molar-refractivity contribution is 4.82. The van der Waals surface area contributed by atoms with Crippen molar-refractivity contribution >= 4 is 0 Å². The van der Waals surface area contributed by atoms with Crippen molar-refractivity contribution in [2.75, 3.05) is 19.8 Å². The third-order valence-corrected chi connectivity index (χ3v) is 1.71. The summed E-state index contributed by atoms with van der Waals surface area (Å²) in [6, 6.07) is 0. The van der Waals surface area contributed by atoms with Crippen LogP contribution in [0.1, 0.15) is 6.42 Å². The Hall–Kier alpha value is -2.44. The minimum atomic E-state index is -1.66. The summed E-state index contributed by atoms with van der Waals surface area (Å²) in [5.74, 6) is 0. The van der Waals surface area contributed by atoms with E-state index in [1.807, 2.05) is 0 Å². The zero-order valence-corrected chi connectivity index (χ0v) is 8.92. The molecule has 0 aliphatic carbocycles. The molecule has 2 N–H and O–H groups in total. The fraction of sp³-hybridized carbons (Fsp3) is 1.00. The molecule has 0 aromatic rings. The van der Waals surface area contributed by atoms with Gasteiger partial charge in [-0.3, -0.25) is 0 Å². The van der Waals surface area contributed by atoms with Crippen molar-refractivity contribution < 1.29 is 29.8 Å². The van der Waals surface area contributed by atoms with Crippen LogP contribution in [0.25, 0.3) is 0 Å². The van der Waals surface area contributed by atoms with Crippen LogP contribution in [0.5, 0.6) is 0 Å². The van der Waals surface area contributed by atoms with Gasteiger partial charge in [-0.05, 0) is 6.42 Å². The summed E-state index contributed by atoms with van der Waals surface area (Å²) >= 11 is 0. The summed E-state index contributed by atoms with van der Waals surface area (Å²) in [4.78, 5) is 41.7. The molecule has 0 aromatic carbocycles. The van der Waals surface area contributed by atoms with E-state index in [1.165, 1.54) is 0 Å². The van der Waals surface area contributed by atoms with Gasteiger partial charge in [-0.1, -0.05) is 0 Å². The smallest absolute Gasteiger partial charge is 0.294 e. The van der Waals surface area contributed by atoms with E-state index < -0.39 is 40.6 Å². The van der Waals surface area contributed by atoms with Gasteiger partial charge in [0.05, 0.1) is 12.1 Å². The van der Waals surface area contributed by atoms with Gasteiger partial charge in [0.15, 0.2) is 0 Å².